The van der Waals surface area contributed by atoms with E-state index in [1.165, 1.54) is 14.2 Å². The summed E-state index contributed by atoms with van der Waals surface area (Å²) in [6.45, 7) is 1.63. The van der Waals surface area contributed by atoms with E-state index in [4.69, 9.17) is 0 Å². The van der Waals surface area contributed by atoms with Crippen LogP contribution in [0.3, 0.4) is 0 Å². The van der Waals surface area contributed by atoms with Gasteiger partial charge in [-0.05, 0) is 10.9 Å². The minimum absolute atomic E-state index is 0.0317. The highest BCUT2D eigenvalue weighted by molar-refractivity contribution is 14.1. The molecule has 0 heterocycles. The van der Waals surface area contributed by atoms with E-state index in [9.17, 15) is 9.59 Å². The van der Waals surface area contributed by atoms with Crippen molar-refractivity contribution in [2.75, 3.05) is 14.2 Å². The van der Waals surface area contributed by atoms with Gasteiger partial charge in [-0.25, -0.2) is 0 Å². The fraction of sp³-hybridized carbons (Fsp3) is 0.500. The molecule has 92 valence electrons. The Labute approximate surface area is 115 Å². The van der Waals surface area contributed by atoms with Gasteiger partial charge < -0.3 is 9.47 Å². The van der Waals surface area contributed by atoms with Crippen LogP contribution >= 0.6 is 22.6 Å². The van der Waals surface area contributed by atoms with Crippen molar-refractivity contribution < 1.29 is 19.1 Å². The average Bonchev–Trinajstić information content (AvgIpc) is 2.37. The molecule has 0 unspecified atom stereocenters. The zero-order chi connectivity index (χ0) is 13.3. The third kappa shape index (κ3) is 3.94. The molecule has 0 radical (unpaired) electrons. The molecule has 0 fully saturated rings. The Hall–Kier alpha value is -1.21. The second-order valence-corrected chi connectivity index (χ2v) is 3.66. The molecular weight excluding hydrogens is 335 g/mol. The molecule has 5 heteroatoms. The normalized spacial score (nSPS) is 9.18. The lowest BCUT2D eigenvalue weighted by molar-refractivity contribution is -0.168. The number of ether oxygens (including phenoxy) is 2. The maximum atomic E-state index is 11.8. The van der Waals surface area contributed by atoms with Crippen molar-refractivity contribution in [3.05, 3.63) is 0 Å². The molecule has 0 N–H and O–H groups in total. The molecule has 0 saturated heterocycles. The monoisotopic (exact) mass is 348 g/mol. The van der Waals surface area contributed by atoms with Crippen molar-refractivity contribution >= 4 is 34.5 Å². The Morgan fingerprint density at radius 3 is 1.94 bits per heavy atom. The highest BCUT2D eigenvalue weighted by Crippen LogP contribution is 2.29. The summed E-state index contributed by atoms with van der Waals surface area (Å²) in [5.41, 5.74) is -1.45. The number of halogens is 1. The minimum atomic E-state index is -1.45. The second-order valence-electron chi connectivity index (χ2n) is 3.12. The lowest BCUT2D eigenvalue weighted by Crippen LogP contribution is -2.40. The zero-order valence-electron chi connectivity index (χ0n) is 9.93. The number of esters is 2. The van der Waals surface area contributed by atoms with Gasteiger partial charge in [-0.3, -0.25) is 9.59 Å². The Morgan fingerprint density at radius 1 is 1.12 bits per heavy atom. The summed E-state index contributed by atoms with van der Waals surface area (Å²) in [5, 5.41) is 0. The van der Waals surface area contributed by atoms with Crippen molar-refractivity contribution in [1.29, 1.82) is 0 Å². The smallest absolute Gasteiger partial charge is 0.325 e. The van der Waals surface area contributed by atoms with Crippen LogP contribution in [0.15, 0.2) is 0 Å². The number of carbonyl (C=O) groups excluding carboxylic acids is 2. The first kappa shape index (κ1) is 15.8. The predicted molar refractivity (Wildman–Crippen MR) is 70.9 cm³/mol. The van der Waals surface area contributed by atoms with Gasteiger partial charge in [0.15, 0.2) is 5.41 Å². The van der Waals surface area contributed by atoms with Gasteiger partial charge >= 0.3 is 11.9 Å². The van der Waals surface area contributed by atoms with Crippen LogP contribution in [0.1, 0.15) is 19.8 Å². The molecule has 0 aromatic rings. The first-order valence-electron chi connectivity index (χ1n) is 4.74. The van der Waals surface area contributed by atoms with Crippen molar-refractivity contribution in [2.45, 2.75) is 19.8 Å². The number of methoxy groups -OCH3 is 2. The zero-order valence-corrected chi connectivity index (χ0v) is 12.1. The quantitative estimate of drug-likeness (QED) is 0.335. The van der Waals surface area contributed by atoms with Gasteiger partial charge in [0.2, 0.25) is 0 Å². The number of hydrogen-bond donors (Lipinski definition) is 0. The van der Waals surface area contributed by atoms with Crippen LogP contribution in [-0.4, -0.2) is 26.2 Å². The average molecular weight is 348 g/mol. The van der Waals surface area contributed by atoms with Gasteiger partial charge in [0.05, 0.1) is 14.2 Å². The van der Waals surface area contributed by atoms with Gasteiger partial charge in [0.1, 0.15) is 0 Å². The summed E-state index contributed by atoms with van der Waals surface area (Å²) < 4.78 is 11.9. The van der Waals surface area contributed by atoms with Crippen molar-refractivity contribution in [3.63, 3.8) is 0 Å². The van der Waals surface area contributed by atoms with Crippen molar-refractivity contribution in [1.82, 2.24) is 0 Å². The van der Waals surface area contributed by atoms with Gasteiger partial charge in [0, 0.05) is 35.4 Å². The molecule has 4 nitrogen and oxygen atoms in total. The van der Waals surface area contributed by atoms with E-state index in [0.717, 1.165) is 0 Å². The number of hydrogen-bond acceptors (Lipinski definition) is 4. The minimum Gasteiger partial charge on any atom is -0.468 e. The molecule has 0 rings (SSSR count). The molecule has 0 saturated carbocycles. The molecule has 0 atom stereocenters. The van der Waals surface area contributed by atoms with Crippen LogP contribution < -0.4 is 0 Å². The summed E-state index contributed by atoms with van der Waals surface area (Å²) in [6, 6.07) is 0. The Morgan fingerprint density at radius 2 is 1.59 bits per heavy atom. The highest BCUT2D eigenvalue weighted by Gasteiger charge is 2.47. The van der Waals surface area contributed by atoms with Gasteiger partial charge in [0.25, 0.3) is 0 Å². The van der Waals surface area contributed by atoms with E-state index in [0.29, 0.717) is 0 Å². The fourth-order valence-electron chi connectivity index (χ4n) is 1.25. The SMILES string of the molecule is CC#CCC(CC#CI)(C(=O)OC)C(=O)OC. The fourth-order valence-corrected chi connectivity index (χ4v) is 1.44. The van der Waals surface area contributed by atoms with Crippen LogP contribution in [0, 0.1) is 27.1 Å². The Kier molecular flexibility index (Phi) is 7.40. The van der Waals surface area contributed by atoms with Crippen LogP contribution in [0.25, 0.3) is 0 Å². The maximum absolute atomic E-state index is 11.8. The molecule has 0 aliphatic rings. The van der Waals surface area contributed by atoms with Gasteiger partial charge in [-0.2, -0.15) is 0 Å². The molecular formula is C12H13IO4. The molecule has 0 spiro atoms. The highest BCUT2D eigenvalue weighted by atomic mass is 127. The van der Waals surface area contributed by atoms with Crippen LogP contribution in [0.5, 0.6) is 0 Å². The van der Waals surface area contributed by atoms with Crippen molar-refractivity contribution in [2.24, 2.45) is 5.41 Å². The largest absolute Gasteiger partial charge is 0.468 e. The first-order valence-corrected chi connectivity index (χ1v) is 5.81. The summed E-state index contributed by atoms with van der Waals surface area (Å²) in [7, 11) is 2.44. The van der Waals surface area contributed by atoms with Crippen LogP contribution in [0.4, 0.5) is 0 Å². The van der Waals surface area contributed by atoms with Gasteiger partial charge in [-0.1, -0.05) is 5.92 Å². The lowest BCUT2D eigenvalue weighted by atomic mass is 9.81. The maximum Gasteiger partial charge on any atom is 0.325 e. The number of rotatable bonds is 4. The molecule has 17 heavy (non-hydrogen) atoms. The van der Waals surface area contributed by atoms with Gasteiger partial charge in [-0.15, -0.1) is 11.8 Å². The summed E-state index contributed by atoms with van der Waals surface area (Å²) in [5.74, 6) is 6.69. The third-order valence-corrected chi connectivity index (χ3v) is 2.56. The molecule has 0 aromatic heterocycles. The first-order chi connectivity index (χ1) is 8.08. The predicted octanol–water partition coefficient (Wildman–Crippen LogP) is 1.52. The summed E-state index contributed by atoms with van der Waals surface area (Å²) in [6.07, 6.45) is 0.0676. The Balaban J connectivity index is 5.44. The van der Waals surface area contributed by atoms with E-state index >= 15 is 0 Å². The van der Waals surface area contributed by atoms with E-state index in [1.807, 2.05) is 22.6 Å². The number of carbonyl (C=O) groups is 2. The Bertz CT molecular complexity index is 366. The molecule has 0 bridgehead atoms. The standard InChI is InChI=1S/C12H13IO4/c1-4-5-7-12(8-6-9-13,10(14)16-2)11(15)17-3/h7-8H2,1-3H3. The van der Waals surface area contributed by atoms with Crippen LogP contribution in [0.2, 0.25) is 0 Å². The lowest BCUT2D eigenvalue weighted by Gasteiger charge is -2.23. The molecule has 0 aliphatic heterocycles. The summed E-state index contributed by atoms with van der Waals surface area (Å²) >= 11 is 1.83. The topological polar surface area (TPSA) is 52.6 Å². The van der Waals surface area contributed by atoms with E-state index < -0.39 is 17.4 Å². The van der Waals surface area contributed by atoms with E-state index in [1.54, 1.807) is 6.92 Å². The molecule has 0 aliphatic carbocycles. The van der Waals surface area contributed by atoms with E-state index in [-0.39, 0.29) is 12.8 Å². The molecule has 0 aromatic carbocycles. The van der Waals surface area contributed by atoms with Crippen LogP contribution in [-0.2, 0) is 19.1 Å². The van der Waals surface area contributed by atoms with E-state index in [2.05, 4.69) is 31.2 Å². The third-order valence-electron chi connectivity index (χ3n) is 2.18. The van der Waals surface area contributed by atoms with Crippen molar-refractivity contribution in [3.8, 4) is 21.7 Å². The second kappa shape index (κ2) is 7.97. The molecule has 0 amide bonds. The summed E-state index contributed by atoms with van der Waals surface area (Å²) in [4.78, 5) is 23.6.